The molecule has 3 rings (SSSR count). The van der Waals surface area contributed by atoms with E-state index < -0.39 is 0 Å². The van der Waals surface area contributed by atoms with Gasteiger partial charge in [0.05, 0.1) is 0 Å². The van der Waals surface area contributed by atoms with Crippen LogP contribution in [0.4, 0.5) is 10.3 Å². The molecular weight excluding hydrogens is 360 g/mol. The van der Waals surface area contributed by atoms with Gasteiger partial charge in [-0.2, -0.15) is 0 Å². The molecule has 1 saturated carbocycles. The molecule has 10 heteroatoms. The third-order valence-electron chi connectivity index (χ3n) is 4.16. The molecule has 8 nitrogen and oxygen atoms in total. The Hall–Kier alpha value is -1.94. The highest BCUT2D eigenvalue weighted by Crippen LogP contribution is 2.42. The summed E-state index contributed by atoms with van der Waals surface area (Å²) in [6, 6.07) is 0. The number of carbonyl (C=O) groups excluding carboxylic acids is 2. The van der Waals surface area contributed by atoms with Gasteiger partial charge < -0.3 is 10.6 Å². The summed E-state index contributed by atoms with van der Waals surface area (Å²) >= 11 is 2.92. The van der Waals surface area contributed by atoms with E-state index in [4.69, 9.17) is 0 Å². The van der Waals surface area contributed by atoms with Crippen molar-refractivity contribution in [2.24, 2.45) is 0 Å². The van der Waals surface area contributed by atoms with Crippen molar-refractivity contribution in [2.45, 2.75) is 57.8 Å². The Morgan fingerprint density at radius 3 is 1.84 bits per heavy atom. The average Bonchev–Trinajstić information content (AvgIpc) is 3.24. The zero-order valence-electron chi connectivity index (χ0n) is 14.1. The average molecular weight is 380 g/mol. The fraction of sp³-hybridized carbons (Fsp3) is 0.600. The van der Waals surface area contributed by atoms with Crippen LogP contribution in [0, 0.1) is 0 Å². The number of amides is 2. The molecule has 0 spiro atoms. The number of anilines is 2. The van der Waals surface area contributed by atoms with E-state index in [1.54, 1.807) is 0 Å². The molecule has 0 aliphatic heterocycles. The summed E-state index contributed by atoms with van der Waals surface area (Å²) in [6.45, 7) is 3.27. The number of rotatable bonds is 5. The molecule has 134 valence electrons. The second-order valence-electron chi connectivity index (χ2n) is 6.02. The quantitative estimate of drug-likeness (QED) is 0.824. The van der Waals surface area contributed by atoms with E-state index in [-0.39, 0.29) is 11.8 Å². The van der Waals surface area contributed by atoms with Crippen molar-refractivity contribution >= 4 is 44.8 Å². The molecule has 2 aromatic heterocycles. The van der Waals surface area contributed by atoms with E-state index in [1.807, 2.05) is 6.92 Å². The van der Waals surface area contributed by atoms with Crippen molar-refractivity contribution < 1.29 is 9.59 Å². The highest BCUT2D eigenvalue weighted by molar-refractivity contribution is 7.15. The maximum atomic E-state index is 11.4. The minimum absolute atomic E-state index is 0.0438. The fourth-order valence-electron chi connectivity index (χ4n) is 2.85. The third-order valence-corrected chi connectivity index (χ3v) is 6.16. The zero-order valence-corrected chi connectivity index (χ0v) is 15.7. The molecule has 0 saturated heterocycles. The van der Waals surface area contributed by atoms with Crippen LogP contribution in [0.25, 0.3) is 0 Å². The van der Waals surface area contributed by atoms with Gasteiger partial charge in [-0.05, 0) is 25.7 Å². The molecule has 1 aliphatic carbocycles. The normalized spacial score (nSPS) is 20.2. The number of nitrogens with one attached hydrogen (secondary N) is 2. The Labute approximate surface area is 153 Å². The van der Waals surface area contributed by atoms with E-state index >= 15 is 0 Å². The van der Waals surface area contributed by atoms with Crippen LogP contribution in [-0.2, 0) is 9.59 Å². The first-order chi connectivity index (χ1) is 12.0. The molecule has 1 fully saturated rings. The van der Waals surface area contributed by atoms with Crippen molar-refractivity contribution in [1.82, 2.24) is 20.4 Å². The number of carbonyl (C=O) groups is 2. The monoisotopic (exact) mass is 380 g/mol. The van der Waals surface area contributed by atoms with Crippen LogP contribution in [0.15, 0.2) is 0 Å². The lowest BCUT2D eigenvalue weighted by atomic mass is 9.83. The Morgan fingerprint density at radius 1 is 0.920 bits per heavy atom. The molecule has 2 amide bonds. The fourth-order valence-corrected chi connectivity index (χ4v) is 4.73. The number of aromatic nitrogens is 4. The number of hydrogen-bond donors (Lipinski definition) is 2. The predicted molar refractivity (Wildman–Crippen MR) is 97.0 cm³/mol. The van der Waals surface area contributed by atoms with Gasteiger partial charge in [0.1, 0.15) is 10.0 Å². The van der Waals surface area contributed by atoms with Gasteiger partial charge in [0, 0.05) is 25.2 Å². The molecule has 0 atom stereocenters. The van der Waals surface area contributed by atoms with Crippen LogP contribution in [0.1, 0.15) is 67.8 Å². The summed E-state index contributed by atoms with van der Waals surface area (Å²) in [5, 5.41) is 25.1. The molecule has 0 bridgehead atoms. The van der Waals surface area contributed by atoms with Crippen LogP contribution in [0.2, 0.25) is 0 Å². The molecule has 0 aromatic carbocycles. The van der Waals surface area contributed by atoms with Gasteiger partial charge in [0.15, 0.2) is 0 Å². The van der Waals surface area contributed by atoms with Crippen molar-refractivity contribution in [3.63, 3.8) is 0 Å². The largest absolute Gasteiger partial charge is 0.301 e. The Morgan fingerprint density at radius 2 is 1.40 bits per heavy atom. The van der Waals surface area contributed by atoms with E-state index in [0.29, 0.717) is 28.5 Å². The standard InChI is InChI=1S/C15H20N6O2S2/c1-3-11(23)17-15-21-19-13(25-15)10-6-4-9(5-7-10)12-18-20-14(24-12)16-8(2)22/h9-10H,3-7H2,1-2H3,(H,16,20,22)(H,17,21,23)/t9-,10+. The maximum absolute atomic E-state index is 11.4. The van der Waals surface area contributed by atoms with E-state index in [1.165, 1.54) is 29.6 Å². The minimum Gasteiger partial charge on any atom is -0.301 e. The predicted octanol–water partition coefficient (Wildman–Crippen LogP) is 3.14. The van der Waals surface area contributed by atoms with Gasteiger partial charge in [-0.1, -0.05) is 29.6 Å². The summed E-state index contributed by atoms with van der Waals surface area (Å²) in [5.41, 5.74) is 0. The van der Waals surface area contributed by atoms with Gasteiger partial charge in [0.2, 0.25) is 22.1 Å². The van der Waals surface area contributed by atoms with E-state index in [9.17, 15) is 9.59 Å². The summed E-state index contributed by atoms with van der Waals surface area (Å²) in [5.74, 6) is 0.582. The SMILES string of the molecule is CCC(=O)Nc1nnc([C@H]2CC[C@@H](c3nnc(NC(C)=O)s3)CC2)s1. The summed E-state index contributed by atoms with van der Waals surface area (Å²) in [4.78, 5) is 22.5. The van der Waals surface area contributed by atoms with Crippen LogP contribution in [-0.4, -0.2) is 32.2 Å². The Kier molecular flexibility index (Phi) is 5.69. The maximum Gasteiger partial charge on any atom is 0.225 e. The van der Waals surface area contributed by atoms with Gasteiger partial charge in [-0.15, -0.1) is 20.4 Å². The van der Waals surface area contributed by atoms with E-state index in [0.717, 1.165) is 35.7 Å². The molecule has 0 unspecified atom stereocenters. The topological polar surface area (TPSA) is 110 Å². The molecular formula is C15H20N6O2S2. The van der Waals surface area contributed by atoms with Gasteiger partial charge in [0.25, 0.3) is 0 Å². The molecule has 2 heterocycles. The van der Waals surface area contributed by atoms with Gasteiger partial charge >= 0.3 is 0 Å². The van der Waals surface area contributed by atoms with Gasteiger partial charge in [-0.3, -0.25) is 9.59 Å². The van der Waals surface area contributed by atoms with Crippen LogP contribution >= 0.6 is 22.7 Å². The summed E-state index contributed by atoms with van der Waals surface area (Å²) in [7, 11) is 0. The highest BCUT2D eigenvalue weighted by atomic mass is 32.1. The zero-order chi connectivity index (χ0) is 17.8. The number of nitrogens with zero attached hydrogens (tertiary/aromatic N) is 4. The second kappa shape index (κ2) is 7.96. The highest BCUT2D eigenvalue weighted by Gasteiger charge is 2.28. The Bertz CT molecular complexity index is 751. The van der Waals surface area contributed by atoms with Crippen molar-refractivity contribution in [3.8, 4) is 0 Å². The lowest BCUT2D eigenvalue weighted by molar-refractivity contribution is -0.116. The minimum atomic E-state index is -0.131. The second-order valence-corrected chi connectivity index (χ2v) is 8.04. The van der Waals surface area contributed by atoms with Gasteiger partial charge in [-0.25, -0.2) is 0 Å². The van der Waals surface area contributed by atoms with Crippen LogP contribution < -0.4 is 10.6 Å². The van der Waals surface area contributed by atoms with Crippen molar-refractivity contribution in [2.75, 3.05) is 10.6 Å². The first-order valence-electron chi connectivity index (χ1n) is 8.29. The van der Waals surface area contributed by atoms with E-state index in [2.05, 4.69) is 31.0 Å². The molecule has 0 radical (unpaired) electrons. The molecule has 2 aromatic rings. The summed E-state index contributed by atoms with van der Waals surface area (Å²) < 4.78 is 0. The number of hydrogen-bond acceptors (Lipinski definition) is 8. The lowest BCUT2D eigenvalue weighted by Crippen LogP contribution is -2.12. The van der Waals surface area contributed by atoms with Crippen molar-refractivity contribution in [3.05, 3.63) is 10.0 Å². The lowest BCUT2D eigenvalue weighted by Gasteiger charge is -2.25. The molecule has 1 aliphatic rings. The van der Waals surface area contributed by atoms with Crippen LogP contribution in [0.5, 0.6) is 0 Å². The van der Waals surface area contributed by atoms with Crippen LogP contribution in [0.3, 0.4) is 0 Å². The third kappa shape index (κ3) is 4.57. The smallest absolute Gasteiger partial charge is 0.225 e. The molecule has 2 N–H and O–H groups in total. The molecule has 25 heavy (non-hydrogen) atoms. The van der Waals surface area contributed by atoms with Crippen molar-refractivity contribution in [1.29, 1.82) is 0 Å². The first kappa shape index (κ1) is 17.9. The first-order valence-corrected chi connectivity index (χ1v) is 9.92. The summed E-state index contributed by atoms with van der Waals surface area (Å²) in [6.07, 6.45) is 4.47. The Balaban J connectivity index is 1.55.